The summed E-state index contributed by atoms with van der Waals surface area (Å²) in [4.78, 5) is 65.9. The lowest BCUT2D eigenvalue weighted by Crippen LogP contribution is -2.54. The highest BCUT2D eigenvalue weighted by Gasteiger charge is 2.36. The number of nitrogens with zero attached hydrogens (tertiary/aromatic N) is 2. The third-order valence-electron chi connectivity index (χ3n) is 6.59. The highest BCUT2D eigenvalue weighted by atomic mass is 35.5. The fourth-order valence-electron chi connectivity index (χ4n) is 4.60. The number of aromatic nitrogens is 2. The zero-order valence-electron chi connectivity index (χ0n) is 21.5. The van der Waals surface area contributed by atoms with Crippen molar-refractivity contribution in [3.05, 3.63) is 127 Å². The molecule has 4 amide bonds. The van der Waals surface area contributed by atoms with Crippen LogP contribution < -0.4 is 21.5 Å². The van der Waals surface area contributed by atoms with E-state index in [1.165, 1.54) is 18.2 Å². The van der Waals surface area contributed by atoms with Crippen molar-refractivity contribution in [1.82, 2.24) is 14.9 Å². The first kappa shape index (κ1) is 27.4. The van der Waals surface area contributed by atoms with Gasteiger partial charge in [-0.05, 0) is 66.8 Å². The summed E-state index contributed by atoms with van der Waals surface area (Å²) in [6.45, 7) is 0. The first-order valence-electron chi connectivity index (χ1n) is 12.6. The minimum atomic E-state index is -0.836. The average molecular weight is 571 g/mol. The van der Waals surface area contributed by atoms with Crippen LogP contribution >= 0.6 is 11.6 Å². The van der Waals surface area contributed by atoms with Crippen LogP contribution in [0.5, 0.6) is 5.88 Å². The van der Waals surface area contributed by atoms with E-state index < -0.39 is 35.0 Å². The van der Waals surface area contributed by atoms with Crippen LogP contribution in [-0.2, 0) is 9.59 Å². The van der Waals surface area contributed by atoms with E-state index in [0.29, 0.717) is 46.8 Å². The molecule has 11 heteroatoms. The maximum Gasteiger partial charge on any atom is 0.335 e. The average Bonchev–Trinajstić information content (AvgIpc) is 2.95. The van der Waals surface area contributed by atoms with E-state index in [0.717, 1.165) is 9.47 Å². The first-order chi connectivity index (χ1) is 19.8. The predicted molar refractivity (Wildman–Crippen MR) is 154 cm³/mol. The van der Waals surface area contributed by atoms with Crippen LogP contribution in [0.25, 0.3) is 11.8 Å². The molecule has 0 radical (unpaired) electrons. The van der Waals surface area contributed by atoms with Gasteiger partial charge in [-0.25, -0.2) is 19.1 Å². The zero-order valence-corrected chi connectivity index (χ0v) is 22.2. The fourth-order valence-corrected chi connectivity index (χ4v) is 4.90. The van der Waals surface area contributed by atoms with Gasteiger partial charge in [-0.15, -0.1) is 0 Å². The van der Waals surface area contributed by atoms with Crippen molar-refractivity contribution >= 4 is 41.2 Å². The molecule has 1 aliphatic heterocycles. The Labute approximate surface area is 238 Å². The van der Waals surface area contributed by atoms with Gasteiger partial charge < -0.3 is 5.11 Å². The van der Waals surface area contributed by atoms with Gasteiger partial charge in [0.2, 0.25) is 5.88 Å². The van der Waals surface area contributed by atoms with Crippen LogP contribution in [0.15, 0.2) is 110 Å². The monoisotopic (exact) mass is 570 g/mol. The largest absolute Gasteiger partial charge is 0.494 e. The Morgan fingerprint density at radius 2 is 1.54 bits per heavy atom. The van der Waals surface area contributed by atoms with Crippen molar-refractivity contribution in [3.63, 3.8) is 0 Å². The van der Waals surface area contributed by atoms with Crippen LogP contribution in [0.2, 0.25) is 0 Å². The van der Waals surface area contributed by atoms with Gasteiger partial charge in [0.1, 0.15) is 11.1 Å². The number of amides is 4. The third-order valence-corrected chi connectivity index (χ3v) is 7.07. The Bertz CT molecular complexity index is 1800. The minimum absolute atomic E-state index is 0.121. The number of aromatic amines is 1. The molecule has 2 aromatic carbocycles. The lowest BCUT2D eigenvalue weighted by Gasteiger charge is -2.26. The Kier molecular flexibility index (Phi) is 7.66. The van der Waals surface area contributed by atoms with E-state index in [-0.39, 0.29) is 11.1 Å². The van der Waals surface area contributed by atoms with Crippen LogP contribution in [0.3, 0.4) is 0 Å². The number of halogens is 1. The normalized spacial score (nSPS) is 18.1. The molecule has 1 fully saturated rings. The standard InChI is InChI=1S/C30H23ClN4O6/c31-24-18(10-8-16-22-25(36)32-29(40)34(27(22)38)20-12-3-1-4-13-20)9-7-11-19(24)17-23-26(37)33-30(41)35(28(23)39)21-14-5-2-6-15-21/h1-6,8,10,12-17,39H,7,9,11H2,(H,32,36,40)(H,33,37,41)/b10-8+,19-17?,22-16+. The van der Waals surface area contributed by atoms with E-state index in [9.17, 15) is 29.1 Å². The second-order valence-corrected chi connectivity index (χ2v) is 9.58. The molecule has 0 atom stereocenters. The van der Waals surface area contributed by atoms with E-state index >= 15 is 0 Å². The molecule has 0 bridgehead atoms. The molecule has 2 aliphatic rings. The van der Waals surface area contributed by atoms with Crippen molar-refractivity contribution in [2.75, 3.05) is 4.90 Å². The molecule has 1 aliphatic carbocycles. The number of barbiturate groups is 1. The van der Waals surface area contributed by atoms with E-state index in [2.05, 4.69) is 10.3 Å². The number of aromatic hydroxyl groups is 1. The number of H-pyrrole nitrogens is 1. The van der Waals surface area contributed by atoms with Gasteiger partial charge in [0.05, 0.1) is 11.4 Å². The molecule has 0 spiro atoms. The van der Waals surface area contributed by atoms with Gasteiger partial charge in [-0.2, -0.15) is 0 Å². The smallest absolute Gasteiger partial charge is 0.335 e. The number of urea groups is 1. The topological polar surface area (TPSA) is 142 Å². The summed E-state index contributed by atoms with van der Waals surface area (Å²) in [6, 6.07) is 15.8. The number of carbonyl (C=O) groups excluding carboxylic acids is 3. The third kappa shape index (κ3) is 5.45. The van der Waals surface area contributed by atoms with Crippen molar-refractivity contribution < 1.29 is 19.5 Å². The van der Waals surface area contributed by atoms with Gasteiger partial charge in [-0.1, -0.05) is 60.2 Å². The summed E-state index contributed by atoms with van der Waals surface area (Å²) in [7, 11) is 0. The maximum absolute atomic E-state index is 13.0. The number of anilines is 1. The second-order valence-electron chi connectivity index (χ2n) is 9.20. The summed E-state index contributed by atoms with van der Waals surface area (Å²) in [5.74, 6) is -2.10. The Balaban J connectivity index is 1.46. The number of rotatable bonds is 5. The Hall–Kier alpha value is -5.22. The predicted octanol–water partition coefficient (Wildman–Crippen LogP) is 4.06. The van der Waals surface area contributed by atoms with Crippen molar-refractivity contribution in [3.8, 4) is 11.6 Å². The summed E-state index contributed by atoms with van der Waals surface area (Å²) in [6.07, 6.45) is 7.65. The molecular weight excluding hydrogens is 548 g/mol. The fraction of sp³-hybridized carbons (Fsp3) is 0.100. The Morgan fingerprint density at radius 3 is 2.22 bits per heavy atom. The van der Waals surface area contributed by atoms with Crippen molar-refractivity contribution in [1.29, 1.82) is 0 Å². The number of para-hydroxylation sites is 2. The molecule has 2 heterocycles. The number of imide groups is 2. The summed E-state index contributed by atoms with van der Waals surface area (Å²) in [5.41, 5.74) is 0.0463. The number of allylic oxidation sites excluding steroid dienone is 6. The van der Waals surface area contributed by atoms with Gasteiger partial charge in [0.15, 0.2) is 0 Å². The molecule has 206 valence electrons. The Morgan fingerprint density at radius 1 is 0.878 bits per heavy atom. The van der Waals surface area contributed by atoms with Gasteiger partial charge in [-0.3, -0.25) is 24.7 Å². The summed E-state index contributed by atoms with van der Waals surface area (Å²) >= 11 is 6.67. The number of nitrogens with one attached hydrogen (secondary N) is 2. The number of hydrogen-bond acceptors (Lipinski definition) is 6. The van der Waals surface area contributed by atoms with Crippen LogP contribution in [0.4, 0.5) is 10.5 Å². The maximum atomic E-state index is 13.0. The zero-order chi connectivity index (χ0) is 29.1. The number of benzene rings is 2. The molecule has 1 aromatic heterocycles. The van der Waals surface area contributed by atoms with E-state index in [4.69, 9.17) is 11.6 Å². The van der Waals surface area contributed by atoms with Crippen LogP contribution in [0.1, 0.15) is 24.8 Å². The highest BCUT2D eigenvalue weighted by Crippen LogP contribution is 2.35. The molecule has 5 rings (SSSR count). The van der Waals surface area contributed by atoms with Crippen molar-refractivity contribution in [2.45, 2.75) is 19.3 Å². The minimum Gasteiger partial charge on any atom is -0.494 e. The molecule has 0 unspecified atom stereocenters. The molecular formula is C30H23ClN4O6. The van der Waals surface area contributed by atoms with Gasteiger partial charge in [0.25, 0.3) is 17.4 Å². The summed E-state index contributed by atoms with van der Waals surface area (Å²) < 4.78 is 0.997. The molecule has 41 heavy (non-hydrogen) atoms. The van der Waals surface area contributed by atoms with E-state index in [1.807, 2.05) is 0 Å². The summed E-state index contributed by atoms with van der Waals surface area (Å²) in [5, 5.41) is 13.4. The number of hydrogen-bond donors (Lipinski definition) is 3. The molecule has 3 aromatic rings. The van der Waals surface area contributed by atoms with Crippen LogP contribution in [-0.4, -0.2) is 32.5 Å². The molecule has 1 saturated heterocycles. The van der Waals surface area contributed by atoms with Gasteiger partial charge >= 0.3 is 11.7 Å². The lowest BCUT2D eigenvalue weighted by molar-refractivity contribution is -0.122. The second kappa shape index (κ2) is 11.5. The molecule has 10 nitrogen and oxygen atoms in total. The molecule has 0 saturated carbocycles. The number of carbonyl (C=O) groups is 3. The van der Waals surface area contributed by atoms with Crippen molar-refractivity contribution in [2.24, 2.45) is 0 Å². The SMILES string of the molecule is O=C1NC(=O)N(c2ccccc2)C(=O)/C1=C/C=C/C1=C(Cl)C(=Cc2c(O)n(-c3ccccc3)c(=O)[nH]c2=O)CCC1. The quantitative estimate of drug-likeness (QED) is 0.312. The van der Waals surface area contributed by atoms with Crippen LogP contribution in [0, 0.1) is 0 Å². The molecule has 3 N–H and O–H groups in total. The van der Waals surface area contributed by atoms with E-state index in [1.54, 1.807) is 66.7 Å². The highest BCUT2D eigenvalue weighted by molar-refractivity contribution is 6.37. The van der Waals surface area contributed by atoms with Gasteiger partial charge in [0, 0.05) is 5.03 Å². The lowest BCUT2D eigenvalue weighted by atomic mass is 9.93. The first-order valence-corrected chi connectivity index (χ1v) is 13.0.